The van der Waals surface area contributed by atoms with Crippen molar-refractivity contribution < 1.29 is 4.42 Å². The highest BCUT2D eigenvalue weighted by atomic mass is 16.3. The highest BCUT2D eigenvalue weighted by molar-refractivity contribution is 6.17. The summed E-state index contributed by atoms with van der Waals surface area (Å²) in [6.07, 6.45) is 8.23. The number of para-hydroxylation sites is 3. The van der Waals surface area contributed by atoms with Crippen LogP contribution in [0, 0.1) is 0 Å². The standard InChI is InChI=1S/C52H38N4O/c1-35(14-12-17-39-34-57-50-25-11-8-18-41(39)50)55-46-22-9-6-19-43(46)45-32-38(28-31-48(45)55)42-21-13-24-49-51(42)44-20-7-10-23-47(44)56(49)40-29-26-36(27-30-40)33-54-52(53-2)37-15-4-3-5-16-37/h3-32,34H,2,33H2,1H3/b17-12-,35-14+,54-52?. The van der Waals surface area contributed by atoms with Gasteiger partial charge in [0.05, 0.1) is 34.9 Å². The molecule has 0 atom stereocenters. The minimum Gasteiger partial charge on any atom is -0.464 e. The fourth-order valence-corrected chi connectivity index (χ4v) is 8.29. The van der Waals surface area contributed by atoms with Gasteiger partial charge in [0.1, 0.15) is 5.58 Å². The van der Waals surface area contributed by atoms with E-state index in [0.717, 1.165) is 39.0 Å². The summed E-state index contributed by atoms with van der Waals surface area (Å²) < 4.78 is 10.5. The van der Waals surface area contributed by atoms with E-state index < -0.39 is 0 Å². The van der Waals surface area contributed by atoms with Crippen LogP contribution in [-0.4, -0.2) is 21.7 Å². The van der Waals surface area contributed by atoms with E-state index in [1.165, 1.54) is 54.7 Å². The summed E-state index contributed by atoms with van der Waals surface area (Å²) in [7, 11) is 0. The largest absolute Gasteiger partial charge is 0.464 e. The number of furan rings is 1. The van der Waals surface area contributed by atoms with Crippen LogP contribution < -0.4 is 0 Å². The van der Waals surface area contributed by atoms with Crippen molar-refractivity contribution >= 4 is 78.9 Å². The number of amidine groups is 1. The third kappa shape index (κ3) is 5.97. The number of nitrogens with zero attached hydrogens (tertiary/aromatic N) is 4. The molecule has 3 heterocycles. The Morgan fingerprint density at radius 1 is 0.649 bits per heavy atom. The summed E-state index contributed by atoms with van der Waals surface area (Å²) in [5, 5.41) is 6.02. The summed E-state index contributed by atoms with van der Waals surface area (Å²) in [6, 6.07) is 57.8. The minimum atomic E-state index is 0.522. The maximum absolute atomic E-state index is 5.76. The van der Waals surface area contributed by atoms with Crippen LogP contribution in [0.3, 0.4) is 0 Å². The summed E-state index contributed by atoms with van der Waals surface area (Å²) in [6.45, 7) is 6.45. The van der Waals surface area contributed by atoms with E-state index in [1.54, 1.807) is 0 Å². The molecule has 0 aliphatic carbocycles. The molecule has 0 N–H and O–H groups in total. The van der Waals surface area contributed by atoms with Crippen LogP contribution in [0.5, 0.6) is 0 Å². The fraction of sp³-hybridized carbons (Fsp3) is 0.0385. The van der Waals surface area contributed by atoms with Crippen LogP contribution in [0.1, 0.15) is 23.6 Å². The molecule has 5 nitrogen and oxygen atoms in total. The molecule has 0 amide bonds. The molecule has 57 heavy (non-hydrogen) atoms. The van der Waals surface area contributed by atoms with Gasteiger partial charge in [0.25, 0.3) is 0 Å². The van der Waals surface area contributed by atoms with Crippen molar-refractivity contribution in [2.75, 3.05) is 0 Å². The van der Waals surface area contributed by atoms with Crippen molar-refractivity contribution in [2.45, 2.75) is 13.5 Å². The smallest absolute Gasteiger partial charge is 0.154 e. The molecule has 0 spiro atoms. The van der Waals surface area contributed by atoms with Crippen molar-refractivity contribution in [1.29, 1.82) is 0 Å². The van der Waals surface area contributed by atoms with Crippen molar-refractivity contribution in [3.05, 3.63) is 199 Å². The van der Waals surface area contributed by atoms with Crippen molar-refractivity contribution in [1.82, 2.24) is 9.13 Å². The SMILES string of the molecule is C=NC(=NCc1ccc(-n2c3ccccc3c3c(-c4ccc5c(c4)c4ccccc4n5/C(C)=C/C=C\c4coc5ccccc45)cccc32)cc1)c1ccccc1. The van der Waals surface area contributed by atoms with Crippen molar-refractivity contribution in [2.24, 2.45) is 9.98 Å². The molecule has 10 rings (SSSR count). The summed E-state index contributed by atoms with van der Waals surface area (Å²) in [5.41, 5.74) is 13.4. The maximum atomic E-state index is 5.76. The van der Waals surface area contributed by atoms with E-state index in [4.69, 9.17) is 9.41 Å². The Morgan fingerprint density at radius 2 is 1.35 bits per heavy atom. The Bertz CT molecular complexity index is 3230. The van der Waals surface area contributed by atoms with Crippen LogP contribution >= 0.6 is 0 Å². The molecule has 0 saturated carbocycles. The van der Waals surface area contributed by atoms with Gasteiger partial charge in [-0.05, 0) is 84.9 Å². The van der Waals surface area contributed by atoms with Gasteiger partial charge in [-0.15, -0.1) is 0 Å². The quantitative estimate of drug-likeness (QED) is 0.0871. The average Bonchev–Trinajstić information content (AvgIpc) is 3.94. The van der Waals surface area contributed by atoms with Gasteiger partial charge in [0.15, 0.2) is 5.84 Å². The second kappa shape index (κ2) is 14.3. The number of aliphatic imine (C=N–C) groups is 2. The normalized spacial score (nSPS) is 12.6. The maximum Gasteiger partial charge on any atom is 0.154 e. The van der Waals surface area contributed by atoms with Crippen LogP contribution in [0.4, 0.5) is 0 Å². The number of aromatic nitrogens is 2. The van der Waals surface area contributed by atoms with Gasteiger partial charge in [-0.2, -0.15) is 0 Å². The molecule has 0 fully saturated rings. The molecule has 0 aliphatic heterocycles. The van der Waals surface area contributed by atoms with Crippen molar-refractivity contribution in [3.63, 3.8) is 0 Å². The molecule has 0 bridgehead atoms. The number of allylic oxidation sites excluding steroid dienone is 3. The first-order valence-corrected chi connectivity index (χ1v) is 19.2. The van der Waals surface area contributed by atoms with E-state index in [0.29, 0.717) is 12.4 Å². The van der Waals surface area contributed by atoms with Crippen molar-refractivity contribution in [3.8, 4) is 16.8 Å². The van der Waals surface area contributed by atoms with Crippen LogP contribution in [0.15, 0.2) is 197 Å². The Morgan fingerprint density at radius 3 is 2.18 bits per heavy atom. The van der Waals surface area contributed by atoms with Crippen LogP contribution in [-0.2, 0) is 6.54 Å². The second-order valence-corrected chi connectivity index (χ2v) is 14.3. The highest BCUT2D eigenvalue weighted by Gasteiger charge is 2.18. The number of hydrogen-bond acceptors (Lipinski definition) is 2. The lowest BCUT2D eigenvalue weighted by molar-refractivity contribution is 0.615. The molecule has 3 aromatic heterocycles. The first-order valence-electron chi connectivity index (χ1n) is 19.2. The lowest BCUT2D eigenvalue weighted by atomic mass is 9.98. The number of rotatable bonds is 8. The number of hydrogen-bond donors (Lipinski definition) is 0. The zero-order valence-electron chi connectivity index (χ0n) is 31.5. The van der Waals surface area contributed by atoms with E-state index >= 15 is 0 Å². The molecule has 0 radical (unpaired) electrons. The Balaban J connectivity index is 1.04. The Labute approximate surface area is 330 Å². The van der Waals surface area contributed by atoms with Gasteiger partial charge in [0, 0.05) is 49.4 Å². The molecule has 272 valence electrons. The zero-order valence-corrected chi connectivity index (χ0v) is 31.5. The number of fused-ring (bicyclic) bond motifs is 7. The van der Waals surface area contributed by atoms with E-state index in [2.05, 4.69) is 161 Å². The molecule has 7 aromatic carbocycles. The predicted molar refractivity (Wildman–Crippen MR) is 241 cm³/mol. The van der Waals surface area contributed by atoms with Gasteiger partial charge >= 0.3 is 0 Å². The highest BCUT2D eigenvalue weighted by Crippen LogP contribution is 2.41. The molecular formula is C52H38N4O. The molecule has 0 unspecified atom stereocenters. The summed E-state index contributed by atoms with van der Waals surface area (Å²) in [5.74, 6) is 0.649. The van der Waals surface area contributed by atoms with Crippen LogP contribution in [0.25, 0.3) is 83.2 Å². The second-order valence-electron chi connectivity index (χ2n) is 14.3. The molecule has 0 aliphatic rings. The summed E-state index contributed by atoms with van der Waals surface area (Å²) in [4.78, 5) is 8.96. The van der Waals surface area contributed by atoms with Gasteiger partial charge in [0.2, 0.25) is 0 Å². The number of benzene rings is 7. The predicted octanol–water partition coefficient (Wildman–Crippen LogP) is 13.5. The van der Waals surface area contributed by atoms with Gasteiger partial charge in [-0.3, -0.25) is 4.99 Å². The first kappa shape index (κ1) is 34.0. The topological polar surface area (TPSA) is 47.7 Å². The monoisotopic (exact) mass is 734 g/mol. The molecular weight excluding hydrogens is 697 g/mol. The minimum absolute atomic E-state index is 0.522. The lowest BCUT2D eigenvalue weighted by Gasteiger charge is -2.10. The van der Waals surface area contributed by atoms with Gasteiger partial charge in [-0.1, -0.05) is 127 Å². The molecule has 10 aromatic rings. The van der Waals surface area contributed by atoms with Gasteiger partial charge in [-0.25, -0.2) is 4.99 Å². The van der Waals surface area contributed by atoms with E-state index in [9.17, 15) is 0 Å². The Hall–Kier alpha value is -7.50. The summed E-state index contributed by atoms with van der Waals surface area (Å²) >= 11 is 0. The van der Waals surface area contributed by atoms with E-state index in [1.807, 2.05) is 54.8 Å². The van der Waals surface area contributed by atoms with Gasteiger partial charge < -0.3 is 13.6 Å². The fourth-order valence-electron chi connectivity index (χ4n) is 8.29. The first-order chi connectivity index (χ1) is 28.2. The Kier molecular flexibility index (Phi) is 8.53. The third-order valence-corrected chi connectivity index (χ3v) is 10.9. The molecule has 5 heteroatoms. The zero-order chi connectivity index (χ0) is 38.3. The average molecular weight is 735 g/mol. The van der Waals surface area contributed by atoms with Crippen LogP contribution in [0.2, 0.25) is 0 Å². The van der Waals surface area contributed by atoms with E-state index in [-0.39, 0.29) is 0 Å². The lowest BCUT2D eigenvalue weighted by Crippen LogP contribution is -1.98. The molecule has 0 saturated heterocycles. The third-order valence-electron chi connectivity index (χ3n) is 10.9.